The lowest BCUT2D eigenvalue weighted by Gasteiger charge is -2.21. The minimum absolute atomic E-state index is 0.122. The summed E-state index contributed by atoms with van der Waals surface area (Å²) in [5.41, 5.74) is 0.121. The van der Waals surface area contributed by atoms with Crippen LogP contribution in [0.3, 0.4) is 0 Å². The number of amides is 1. The molecule has 0 saturated heterocycles. The van der Waals surface area contributed by atoms with Crippen molar-refractivity contribution < 1.29 is 14.3 Å². The van der Waals surface area contributed by atoms with Crippen LogP contribution in [-0.2, 0) is 20.9 Å². The van der Waals surface area contributed by atoms with Crippen molar-refractivity contribution in [2.75, 3.05) is 7.05 Å². The lowest BCUT2D eigenvalue weighted by Crippen LogP contribution is -2.33. The van der Waals surface area contributed by atoms with Gasteiger partial charge in [-0.2, -0.15) is 0 Å². The van der Waals surface area contributed by atoms with Gasteiger partial charge in [-0.3, -0.25) is 9.59 Å². The zero-order valence-electron chi connectivity index (χ0n) is 11.0. The van der Waals surface area contributed by atoms with Crippen LogP contribution in [0, 0.1) is 5.41 Å². The van der Waals surface area contributed by atoms with E-state index in [1.165, 1.54) is 0 Å². The van der Waals surface area contributed by atoms with Crippen LogP contribution in [0.1, 0.15) is 25.8 Å². The monoisotopic (exact) mass is 249 g/mol. The molecule has 0 unspecified atom stereocenters. The minimum atomic E-state index is -0.811. The lowest BCUT2D eigenvalue weighted by molar-refractivity contribution is -0.157. The normalized spacial score (nSPS) is 10.8. The molecule has 1 aromatic rings. The van der Waals surface area contributed by atoms with Gasteiger partial charge in [0.2, 0.25) is 5.91 Å². The fourth-order valence-electron chi connectivity index (χ4n) is 1.48. The molecule has 0 aliphatic rings. The van der Waals surface area contributed by atoms with Gasteiger partial charge >= 0.3 is 5.97 Å². The molecule has 0 fully saturated rings. The summed E-state index contributed by atoms with van der Waals surface area (Å²) in [7, 11) is 1.55. The minimum Gasteiger partial charge on any atom is -0.460 e. The number of ether oxygens (including phenoxy) is 1. The van der Waals surface area contributed by atoms with E-state index in [-0.39, 0.29) is 24.9 Å². The Hall–Kier alpha value is -1.84. The molecule has 98 valence electrons. The highest BCUT2D eigenvalue weighted by molar-refractivity contribution is 5.85. The van der Waals surface area contributed by atoms with Gasteiger partial charge in [0.1, 0.15) is 6.61 Å². The quantitative estimate of drug-likeness (QED) is 0.811. The van der Waals surface area contributed by atoms with Crippen LogP contribution in [0.4, 0.5) is 0 Å². The number of hydrogen-bond donors (Lipinski definition) is 1. The first-order valence-electron chi connectivity index (χ1n) is 5.87. The van der Waals surface area contributed by atoms with Crippen molar-refractivity contribution in [3.8, 4) is 0 Å². The Morgan fingerprint density at radius 2 is 1.83 bits per heavy atom. The van der Waals surface area contributed by atoms with Crippen molar-refractivity contribution >= 4 is 11.9 Å². The molecule has 0 heterocycles. The Morgan fingerprint density at radius 1 is 1.22 bits per heavy atom. The fraction of sp³-hybridized carbons (Fsp3) is 0.429. The second-order valence-electron chi connectivity index (χ2n) is 4.80. The first-order chi connectivity index (χ1) is 8.45. The van der Waals surface area contributed by atoms with E-state index in [9.17, 15) is 9.59 Å². The van der Waals surface area contributed by atoms with Crippen LogP contribution in [0.15, 0.2) is 30.3 Å². The van der Waals surface area contributed by atoms with E-state index in [0.717, 1.165) is 5.56 Å². The highest BCUT2D eigenvalue weighted by Gasteiger charge is 2.31. The van der Waals surface area contributed by atoms with Crippen molar-refractivity contribution in [3.05, 3.63) is 35.9 Å². The maximum atomic E-state index is 11.9. The largest absolute Gasteiger partial charge is 0.460 e. The maximum absolute atomic E-state index is 11.9. The summed E-state index contributed by atoms with van der Waals surface area (Å²) in [5, 5.41) is 2.50. The highest BCUT2D eigenvalue weighted by atomic mass is 16.5. The summed E-state index contributed by atoms with van der Waals surface area (Å²) in [4.78, 5) is 23.2. The molecule has 18 heavy (non-hydrogen) atoms. The fourth-order valence-corrected chi connectivity index (χ4v) is 1.48. The van der Waals surface area contributed by atoms with Crippen molar-refractivity contribution in [1.29, 1.82) is 0 Å². The third-order valence-corrected chi connectivity index (χ3v) is 2.65. The molecule has 1 aromatic carbocycles. The van der Waals surface area contributed by atoms with E-state index in [4.69, 9.17) is 4.74 Å². The van der Waals surface area contributed by atoms with Crippen LogP contribution in [0.25, 0.3) is 0 Å². The van der Waals surface area contributed by atoms with Crippen LogP contribution < -0.4 is 5.32 Å². The molecule has 0 aliphatic carbocycles. The molecule has 0 aliphatic heterocycles. The average Bonchev–Trinajstić information content (AvgIpc) is 2.36. The van der Waals surface area contributed by atoms with Gasteiger partial charge in [-0.15, -0.1) is 0 Å². The third-order valence-electron chi connectivity index (χ3n) is 2.65. The highest BCUT2D eigenvalue weighted by Crippen LogP contribution is 2.22. The van der Waals surface area contributed by atoms with E-state index >= 15 is 0 Å². The summed E-state index contributed by atoms with van der Waals surface area (Å²) in [6.45, 7) is 3.64. The molecule has 4 heteroatoms. The Kier molecular flexibility index (Phi) is 4.89. The molecule has 0 saturated carbocycles. The summed E-state index contributed by atoms with van der Waals surface area (Å²) in [6, 6.07) is 9.45. The molecular formula is C14H19NO3. The van der Waals surface area contributed by atoms with Crippen molar-refractivity contribution in [2.45, 2.75) is 26.9 Å². The van der Waals surface area contributed by atoms with Gasteiger partial charge in [-0.1, -0.05) is 30.3 Å². The van der Waals surface area contributed by atoms with Gasteiger partial charge in [0, 0.05) is 13.5 Å². The second-order valence-corrected chi connectivity index (χ2v) is 4.80. The molecule has 0 spiro atoms. The van der Waals surface area contributed by atoms with Gasteiger partial charge in [-0.25, -0.2) is 0 Å². The zero-order valence-corrected chi connectivity index (χ0v) is 11.0. The Labute approximate surface area is 107 Å². The van der Waals surface area contributed by atoms with Gasteiger partial charge < -0.3 is 10.1 Å². The van der Waals surface area contributed by atoms with Crippen LogP contribution >= 0.6 is 0 Å². The van der Waals surface area contributed by atoms with E-state index in [0.29, 0.717) is 0 Å². The Morgan fingerprint density at radius 3 is 2.39 bits per heavy atom. The summed E-state index contributed by atoms with van der Waals surface area (Å²) >= 11 is 0. The number of carbonyl (C=O) groups is 2. The Balaban J connectivity index is 2.52. The number of esters is 1. The first-order valence-corrected chi connectivity index (χ1v) is 5.87. The predicted octanol–water partition coefficient (Wildman–Crippen LogP) is 1.89. The van der Waals surface area contributed by atoms with E-state index in [1.54, 1.807) is 20.9 Å². The van der Waals surface area contributed by atoms with Gasteiger partial charge in [0.25, 0.3) is 0 Å². The SMILES string of the molecule is CNC(=O)CC(C)(C)C(=O)OCc1ccccc1. The van der Waals surface area contributed by atoms with E-state index < -0.39 is 5.41 Å². The van der Waals surface area contributed by atoms with Crippen molar-refractivity contribution in [1.82, 2.24) is 5.32 Å². The smallest absolute Gasteiger partial charge is 0.312 e. The second kappa shape index (κ2) is 6.19. The summed E-state index contributed by atoms with van der Waals surface area (Å²) in [5.74, 6) is -0.536. The first kappa shape index (κ1) is 14.2. The van der Waals surface area contributed by atoms with Crippen LogP contribution in [-0.4, -0.2) is 18.9 Å². The number of rotatable bonds is 5. The number of nitrogens with one attached hydrogen (secondary N) is 1. The van der Waals surface area contributed by atoms with E-state index in [1.807, 2.05) is 30.3 Å². The van der Waals surface area contributed by atoms with Gasteiger partial charge in [0.05, 0.1) is 5.41 Å². The molecular weight excluding hydrogens is 230 g/mol. The third kappa shape index (κ3) is 4.20. The molecule has 1 amide bonds. The molecule has 1 N–H and O–H groups in total. The lowest BCUT2D eigenvalue weighted by atomic mass is 9.89. The maximum Gasteiger partial charge on any atom is 0.312 e. The molecule has 4 nitrogen and oxygen atoms in total. The number of benzene rings is 1. The predicted molar refractivity (Wildman–Crippen MR) is 68.7 cm³/mol. The zero-order chi connectivity index (χ0) is 13.6. The van der Waals surface area contributed by atoms with Gasteiger partial charge in [-0.05, 0) is 19.4 Å². The topological polar surface area (TPSA) is 55.4 Å². The van der Waals surface area contributed by atoms with Crippen LogP contribution in [0.5, 0.6) is 0 Å². The number of hydrogen-bond acceptors (Lipinski definition) is 3. The van der Waals surface area contributed by atoms with Crippen molar-refractivity contribution in [2.24, 2.45) is 5.41 Å². The molecule has 0 bridgehead atoms. The number of carbonyl (C=O) groups excluding carboxylic acids is 2. The molecule has 0 aromatic heterocycles. The molecule has 0 radical (unpaired) electrons. The summed E-state index contributed by atoms with van der Waals surface area (Å²) in [6.07, 6.45) is 0.122. The standard InChI is InChI=1S/C14H19NO3/c1-14(2,9-12(16)15-3)13(17)18-10-11-7-5-4-6-8-11/h4-8H,9-10H2,1-3H3,(H,15,16). The molecule has 1 rings (SSSR count). The Bertz CT molecular complexity index is 412. The molecule has 0 atom stereocenters. The summed E-state index contributed by atoms with van der Waals surface area (Å²) < 4.78 is 5.22. The average molecular weight is 249 g/mol. The van der Waals surface area contributed by atoms with Crippen molar-refractivity contribution in [3.63, 3.8) is 0 Å². The van der Waals surface area contributed by atoms with E-state index in [2.05, 4.69) is 5.32 Å². The van der Waals surface area contributed by atoms with Crippen LogP contribution in [0.2, 0.25) is 0 Å². The van der Waals surface area contributed by atoms with Gasteiger partial charge in [0.15, 0.2) is 0 Å².